The quantitative estimate of drug-likeness (QED) is 0.387. The second-order valence-corrected chi connectivity index (χ2v) is 11.6. The van der Waals surface area contributed by atoms with Gasteiger partial charge < -0.3 is 9.88 Å². The molecule has 1 aliphatic heterocycles. The van der Waals surface area contributed by atoms with Gasteiger partial charge in [0.15, 0.2) is 5.82 Å². The van der Waals surface area contributed by atoms with Crippen molar-refractivity contribution in [3.05, 3.63) is 80.4 Å². The summed E-state index contributed by atoms with van der Waals surface area (Å²) in [5.74, 6) is 0.788. The molecular formula is C31H39N7O. The Kier molecular flexibility index (Phi) is 6.97. The van der Waals surface area contributed by atoms with Gasteiger partial charge in [0.2, 0.25) is 0 Å². The number of benzene rings is 2. The number of fused-ring (bicyclic) bond motifs is 1. The fourth-order valence-electron chi connectivity index (χ4n) is 6.44. The van der Waals surface area contributed by atoms with Gasteiger partial charge in [-0.1, -0.05) is 31.4 Å². The highest BCUT2D eigenvalue weighted by Gasteiger charge is 2.34. The number of pyridine rings is 1. The predicted molar refractivity (Wildman–Crippen MR) is 156 cm³/mol. The average molecular weight is 526 g/mol. The molecule has 0 amide bonds. The highest BCUT2D eigenvalue weighted by Crippen LogP contribution is 2.34. The second kappa shape index (κ2) is 10.6. The first-order chi connectivity index (χ1) is 18.9. The number of aromatic nitrogens is 5. The van der Waals surface area contributed by atoms with E-state index in [4.69, 9.17) is 0 Å². The lowest BCUT2D eigenvalue weighted by molar-refractivity contribution is 0.192. The molecule has 4 aromatic rings. The molecule has 2 aliphatic rings. The molecule has 0 bridgehead atoms. The highest BCUT2D eigenvalue weighted by molar-refractivity contribution is 5.81. The van der Waals surface area contributed by atoms with Gasteiger partial charge in [-0.2, -0.15) is 0 Å². The third kappa shape index (κ3) is 4.98. The average Bonchev–Trinajstić information content (AvgIpc) is 3.42. The molecule has 2 aromatic heterocycles. The Morgan fingerprint density at radius 2 is 1.62 bits per heavy atom. The van der Waals surface area contributed by atoms with Crippen molar-refractivity contribution in [1.29, 1.82) is 0 Å². The summed E-state index contributed by atoms with van der Waals surface area (Å²) in [5, 5.41) is 14.3. The monoisotopic (exact) mass is 525 g/mol. The standard InChI is InChI=1S/C31H39N7O/c1-20-10-11-21(2)28(16-20)36-12-14-37(15-13-36)29(30-33-34-35-38(30)25-8-6-5-7-9-25)26-19-24-17-22(3)23(4)18-27(24)32-31(26)39/h10-11,16-19,25,29H,5-9,12-15H2,1-4H3,(H,32,39)/t29-/m0/s1. The fourth-order valence-corrected chi connectivity index (χ4v) is 6.44. The van der Waals surface area contributed by atoms with Gasteiger partial charge >= 0.3 is 0 Å². The molecule has 6 rings (SSSR count). The number of anilines is 1. The highest BCUT2D eigenvalue weighted by atomic mass is 16.1. The van der Waals surface area contributed by atoms with Crippen LogP contribution in [0.1, 0.15) is 77.8 Å². The predicted octanol–water partition coefficient (Wildman–Crippen LogP) is 5.17. The molecule has 0 spiro atoms. The largest absolute Gasteiger partial charge is 0.369 e. The number of hydrogen-bond donors (Lipinski definition) is 1. The van der Waals surface area contributed by atoms with Crippen LogP contribution in [0.3, 0.4) is 0 Å². The topological polar surface area (TPSA) is 82.9 Å². The van der Waals surface area contributed by atoms with E-state index in [1.54, 1.807) is 0 Å². The zero-order valence-electron chi connectivity index (χ0n) is 23.6. The van der Waals surface area contributed by atoms with E-state index in [-0.39, 0.29) is 17.6 Å². The maximum atomic E-state index is 13.7. The van der Waals surface area contributed by atoms with E-state index in [9.17, 15) is 4.79 Å². The Labute approximate surface area is 230 Å². The van der Waals surface area contributed by atoms with Gasteiger partial charge in [-0.15, -0.1) is 5.10 Å². The van der Waals surface area contributed by atoms with Crippen LogP contribution < -0.4 is 10.5 Å². The number of aromatic amines is 1. The lowest BCUT2D eigenvalue weighted by Crippen LogP contribution is -2.49. The van der Waals surface area contributed by atoms with Crippen molar-refractivity contribution in [2.24, 2.45) is 0 Å². The van der Waals surface area contributed by atoms with E-state index in [2.05, 4.69) is 94.4 Å². The van der Waals surface area contributed by atoms with Crippen molar-refractivity contribution in [2.75, 3.05) is 31.1 Å². The van der Waals surface area contributed by atoms with Gasteiger partial charge in [0.05, 0.1) is 6.04 Å². The Hall–Kier alpha value is -3.52. The first-order valence-electron chi connectivity index (χ1n) is 14.4. The van der Waals surface area contributed by atoms with Crippen LogP contribution in [0.25, 0.3) is 10.9 Å². The number of piperazine rings is 1. The molecule has 0 radical (unpaired) electrons. The zero-order valence-corrected chi connectivity index (χ0v) is 23.6. The SMILES string of the molecule is Cc1ccc(C)c(N2CCN([C@@H](c3cc4cc(C)c(C)cc4[nH]c3=O)c3nnnn3C3CCCCC3)CC2)c1. The molecule has 2 fully saturated rings. The van der Waals surface area contributed by atoms with Gasteiger partial charge in [-0.25, -0.2) is 4.68 Å². The minimum absolute atomic E-state index is 0.0640. The Morgan fingerprint density at radius 3 is 2.38 bits per heavy atom. The molecule has 1 saturated heterocycles. The molecule has 3 heterocycles. The van der Waals surface area contributed by atoms with Crippen LogP contribution in [0.2, 0.25) is 0 Å². The van der Waals surface area contributed by atoms with E-state index in [1.807, 2.05) is 4.68 Å². The molecule has 1 aliphatic carbocycles. The minimum Gasteiger partial charge on any atom is -0.369 e. The molecule has 39 heavy (non-hydrogen) atoms. The van der Waals surface area contributed by atoms with Crippen molar-refractivity contribution in [3.8, 4) is 0 Å². The molecule has 0 unspecified atom stereocenters. The summed E-state index contributed by atoms with van der Waals surface area (Å²) in [6.07, 6.45) is 5.81. The maximum absolute atomic E-state index is 13.7. The third-order valence-corrected chi connectivity index (χ3v) is 8.85. The molecular weight excluding hydrogens is 486 g/mol. The summed E-state index contributed by atoms with van der Waals surface area (Å²) in [7, 11) is 0. The molecule has 8 nitrogen and oxygen atoms in total. The van der Waals surface area contributed by atoms with Crippen molar-refractivity contribution in [3.63, 3.8) is 0 Å². The van der Waals surface area contributed by atoms with Crippen LogP contribution in [0.4, 0.5) is 5.69 Å². The number of tetrazole rings is 1. The Bertz CT molecular complexity index is 1540. The lowest BCUT2D eigenvalue weighted by Gasteiger charge is -2.40. The van der Waals surface area contributed by atoms with Crippen LogP contribution >= 0.6 is 0 Å². The number of aryl methyl sites for hydroxylation is 4. The van der Waals surface area contributed by atoms with Crippen LogP contribution in [-0.4, -0.2) is 56.3 Å². The van der Waals surface area contributed by atoms with Crippen LogP contribution in [0.5, 0.6) is 0 Å². The van der Waals surface area contributed by atoms with Crippen molar-refractivity contribution >= 4 is 16.6 Å². The van der Waals surface area contributed by atoms with Gasteiger partial charge in [0.25, 0.3) is 5.56 Å². The van der Waals surface area contributed by atoms with Crippen molar-refractivity contribution in [2.45, 2.75) is 71.9 Å². The summed E-state index contributed by atoms with van der Waals surface area (Å²) >= 11 is 0. The van der Waals surface area contributed by atoms with Crippen molar-refractivity contribution < 1.29 is 0 Å². The zero-order chi connectivity index (χ0) is 27.1. The normalized spacial score (nSPS) is 18.1. The maximum Gasteiger partial charge on any atom is 0.253 e. The summed E-state index contributed by atoms with van der Waals surface area (Å²) < 4.78 is 2.03. The van der Waals surface area contributed by atoms with Gasteiger partial charge in [-0.05, 0) is 103 Å². The van der Waals surface area contributed by atoms with Crippen LogP contribution in [0, 0.1) is 27.7 Å². The first kappa shape index (κ1) is 25.7. The molecule has 1 atom stereocenters. The van der Waals surface area contributed by atoms with Crippen molar-refractivity contribution in [1.82, 2.24) is 30.1 Å². The lowest BCUT2D eigenvalue weighted by atomic mass is 9.95. The van der Waals surface area contributed by atoms with E-state index in [1.165, 1.54) is 47.2 Å². The summed E-state index contributed by atoms with van der Waals surface area (Å²) in [4.78, 5) is 21.8. The van der Waals surface area contributed by atoms with Crippen LogP contribution in [0.15, 0.2) is 41.2 Å². The number of H-pyrrole nitrogens is 1. The summed E-state index contributed by atoms with van der Waals surface area (Å²) in [6.45, 7) is 11.9. The van der Waals surface area contributed by atoms with Gasteiger partial charge in [0.1, 0.15) is 6.04 Å². The number of nitrogens with one attached hydrogen (secondary N) is 1. The smallest absolute Gasteiger partial charge is 0.253 e. The molecule has 8 heteroatoms. The van der Waals surface area contributed by atoms with E-state index in [0.29, 0.717) is 0 Å². The molecule has 1 N–H and O–H groups in total. The Balaban J connectivity index is 1.40. The van der Waals surface area contributed by atoms with Gasteiger partial charge in [0, 0.05) is 42.9 Å². The van der Waals surface area contributed by atoms with E-state index < -0.39 is 0 Å². The van der Waals surface area contributed by atoms with E-state index >= 15 is 0 Å². The molecule has 204 valence electrons. The number of rotatable bonds is 5. The van der Waals surface area contributed by atoms with Gasteiger partial charge in [-0.3, -0.25) is 9.69 Å². The molecule has 1 saturated carbocycles. The molecule has 2 aromatic carbocycles. The number of hydrogen-bond acceptors (Lipinski definition) is 6. The summed E-state index contributed by atoms with van der Waals surface area (Å²) in [6, 6.07) is 12.9. The fraction of sp³-hybridized carbons (Fsp3) is 0.484. The third-order valence-electron chi connectivity index (χ3n) is 8.85. The van der Waals surface area contributed by atoms with Crippen LogP contribution in [-0.2, 0) is 0 Å². The minimum atomic E-state index is -0.308. The second-order valence-electron chi connectivity index (χ2n) is 11.6. The summed E-state index contributed by atoms with van der Waals surface area (Å²) in [5.41, 5.74) is 7.78. The first-order valence-corrected chi connectivity index (χ1v) is 14.4. The number of nitrogens with zero attached hydrogens (tertiary/aromatic N) is 6. The van der Waals surface area contributed by atoms with E-state index in [0.717, 1.165) is 61.3 Å². The Morgan fingerprint density at radius 1 is 0.872 bits per heavy atom.